The first-order chi connectivity index (χ1) is 24.9. The third-order valence-corrected chi connectivity index (χ3v) is 10.5. The third-order valence-electron chi connectivity index (χ3n) is 10.5. The van der Waals surface area contributed by atoms with E-state index in [1.165, 1.54) is 49.8 Å². The quantitative estimate of drug-likeness (QED) is 0.0282. The van der Waals surface area contributed by atoms with Gasteiger partial charge in [0, 0.05) is 28.4 Å². The predicted molar refractivity (Wildman–Crippen MR) is 205 cm³/mol. The van der Waals surface area contributed by atoms with Gasteiger partial charge >= 0.3 is 11.9 Å². The standard InChI is InChI=1S/C44H51NO6/c1-4-7-10-11-12-13-14-15-16-17-26-45-41(46)33-22-18-29-31-20-24-35(43(48)50-27-8-5-2)40-36(44(49)51-28-9-6-3)25-21-32(38(31)40)30-19-23-34(42(45)47)39(33)37(29)30/h18-25H,4-17,26-28H2,1-3H3. The van der Waals surface area contributed by atoms with E-state index in [-0.39, 0.29) is 11.8 Å². The Labute approximate surface area is 301 Å². The van der Waals surface area contributed by atoms with E-state index in [1.807, 2.05) is 50.2 Å². The molecule has 0 saturated heterocycles. The first-order valence-electron chi connectivity index (χ1n) is 19.3. The molecule has 0 aromatic heterocycles. The largest absolute Gasteiger partial charge is 0.462 e. The second-order valence-electron chi connectivity index (χ2n) is 14.1. The average molecular weight is 690 g/mol. The summed E-state index contributed by atoms with van der Waals surface area (Å²) in [5, 5.41) is 6.15. The molecule has 0 bridgehead atoms. The Morgan fingerprint density at radius 1 is 0.471 bits per heavy atom. The zero-order chi connectivity index (χ0) is 35.9. The molecule has 0 radical (unpaired) electrons. The van der Waals surface area contributed by atoms with Crippen LogP contribution >= 0.6 is 0 Å². The van der Waals surface area contributed by atoms with Crippen LogP contribution in [-0.2, 0) is 9.47 Å². The van der Waals surface area contributed by atoms with Gasteiger partial charge < -0.3 is 9.47 Å². The maximum Gasteiger partial charge on any atom is 0.338 e. The molecule has 0 fully saturated rings. The molecule has 0 aliphatic carbocycles. The van der Waals surface area contributed by atoms with Crippen molar-refractivity contribution in [1.29, 1.82) is 0 Å². The molecule has 0 unspecified atom stereocenters. The van der Waals surface area contributed by atoms with Crippen LogP contribution in [0.2, 0.25) is 0 Å². The van der Waals surface area contributed by atoms with Gasteiger partial charge in [0.15, 0.2) is 0 Å². The van der Waals surface area contributed by atoms with Gasteiger partial charge in [-0.1, -0.05) is 116 Å². The zero-order valence-electron chi connectivity index (χ0n) is 30.5. The summed E-state index contributed by atoms with van der Waals surface area (Å²) in [5.41, 5.74) is 1.70. The molecule has 1 aliphatic rings. The summed E-state index contributed by atoms with van der Waals surface area (Å²) in [4.78, 5) is 56.3. The molecule has 6 rings (SSSR count). The number of amides is 2. The molecule has 51 heavy (non-hydrogen) atoms. The highest BCUT2D eigenvalue weighted by molar-refractivity contribution is 6.39. The Balaban J connectivity index is 1.36. The van der Waals surface area contributed by atoms with Crippen LogP contribution in [0.25, 0.3) is 43.1 Å². The van der Waals surface area contributed by atoms with Gasteiger partial charge in [-0.25, -0.2) is 9.59 Å². The number of rotatable bonds is 19. The molecule has 5 aromatic carbocycles. The van der Waals surface area contributed by atoms with E-state index >= 15 is 0 Å². The topological polar surface area (TPSA) is 90.0 Å². The van der Waals surface area contributed by atoms with Crippen LogP contribution in [0.15, 0.2) is 48.5 Å². The third kappa shape index (κ3) is 7.17. The van der Waals surface area contributed by atoms with Crippen LogP contribution in [0, 0.1) is 0 Å². The molecule has 7 nitrogen and oxygen atoms in total. The Kier molecular flexibility index (Phi) is 11.9. The maximum absolute atomic E-state index is 13.9. The molecule has 0 saturated carbocycles. The number of fused-ring (bicyclic) bond motifs is 2. The van der Waals surface area contributed by atoms with E-state index in [0.29, 0.717) is 52.8 Å². The summed E-state index contributed by atoms with van der Waals surface area (Å²) in [6, 6.07) is 14.8. The molecule has 1 heterocycles. The SMILES string of the molecule is CCCCCCCCCCCCN1C(=O)c2ccc3c4ccc(C(=O)OCCCC)c5c(C(=O)OCCCC)ccc(c6ccc(c2c36)C1=O)c54. The molecule has 1 aliphatic heterocycles. The molecule has 0 atom stereocenters. The number of hydrogen-bond acceptors (Lipinski definition) is 6. The van der Waals surface area contributed by atoms with Gasteiger partial charge in [0.2, 0.25) is 0 Å². The van der Waals surface area contributed by atoms with Gasteiger partial charge in [-0.15, -0.1) is 0 Å². The molecule has 2 amide bonds. The first kappa shape index (κ1) is 36.3. The lowest BCUT2D eigenvalue weighted by atomic mass is 9.83. The Morgan fingerprint density at radius 3 is 1.31 bits per heavy atom. The molecule has 0 spiro atoms. The number of carbonyl (C=O) groups excluding carboxylic acids is 4. The lowest BCUT2D eigenvalue weighted by Gasteiger charge is -2.28. The van der Waals surface area contributed by atoms with Crippen molar-refractivity contribution in [2.75, 3.05) is 19.8 Å². The monoisotopic (exact) mass is 689 g/mol. The summed E-state index contributed by atoms with van der Waals surface area (Å²) in [7, 11) is 0. The predicted octanol–water partition coefficient (Wildman–Crippen LogP) is 11.2. The minimum atomic E-state index is -0.482. The van der Waals surface area contributed by atoms with Crippen molar-refractivity contribution in [2.45, 2.75) is 111 Å². The normalized spacial score (nSPS) is 13.0. The van der Waals surface area contributed by atoms with Gasteiger partial charge in [0.25, 0.3) is 11.8 Å². The van der Waals surface area contributed by atoms with Crippen molar-refractivity contribution < 1.29 is 28.7 Å². The summed E-state index contributed by atoms with van der Waals surface area (Å²) in [5.74, 6) is -1.47. The summed E-state index contributed by atoms with van der Waals surface area (Å²) in [6.45, 7) is 7.30. The van der Waals surface area contributed by atoms with Gasteiger partial charge in [0.1, 0.15) is 0 Å². The van der Waals surface area contributed by atoms with Crippen molar-refractivity contribution >= 4 is 66.8 Å². The number of unbranched alkanes of at least 4 members (excludes halogenated alkanes) is 11. The number of benzene rings is 5. The highest BCUT2D eigenvalue weighted by Gasteiger charge is 2.34. The van der Waals surface area contributed by atoms with Crippen molar-refractivity contribution in [2.24, 2.45) is 0 Å². The zero-order valence-corrected chi connectivity index (χ0v) is 30.5. The number of nitrogens with zero attached hydrogens (tertiary/aromatic N) is 1. The Morgan fingerprint density at radius 2 is 0.863 bits per heavy atom. The highest BCUT2D eigenvalue weighted by Crippen LogP contribution is 2.45. The number of imide groups is 1. The van der Waals surface area contributed by atoms with Crippen LogP contribution in [0.3, 0.4) is 0 Å². The fourth-order valence-electron chi connectivity index (χ4n) is 7.70. The fraction of sp³-hybridized carbons (Fsp3) is 0.455. The van der Waals surface area contributed by atoms with Gasteiger partial charge in [0.05, 0.1) is 24.3 Å². The van der Waals surface area contributed by atoms with E-state index in [1.54, 1.807) is 12.1 Å². The molecule has 268 valence electrons. The summed E-state index contributed by atoms with van der Waals surface area (Å²) in [6.07, 6.45) is 15.1. The maximum atomic E-state index is 13.9. The highest BCUT2D eigenvalue weighted by atomic mass is 16.5. The molecular weight excluding hydrogens is 638 g/mol. The van der Waals surface area contributed by atoms with Crippen molar-refractivity contribution in [1.82, 2.24) is 4.90 Å². The fourth-order valence-corrected chi connectivity index (χ4v) is 7.70. The average Bonchev–Trinajstić information content (AvgIpc) is 3.14. The molecule has 7 heteroatoms. The minimum Gasteiger partial charge on any atom is -0.462 e. The van der Waals surface area contributed by atoms with E-state index in [2.05, 4.69) is 6.92 Å². The van der Waals surface area contributed by atoms with E-state index in [9.17, 15) is 19.2 Å². The van der Waals surface area contributed by atoms with E-state index < -0.39 is 11.9 Å². The van der Waals surface area contributed by atoms with E-state index in [4.69, 9.17) is 9.47 Å². The first-order valence-corrected chi connectivity index (χ1v) is 19.3. The number of ether oxygens (including phenoxy) is 2. The van der Waals surface area contributed by atoms with Gasteiger partial charge in [-0.2, -0.15) is 0 Å². The summed E-state index contributed by atoms with van der Waals surface area (Å²) < 4.78 is 11.3. The van der Waals surface area contributed by atoms with Crippen molar-refractivity contribution in [3.63, 3.8) is 0 Å². The second kappa shape index (κ2) is 16.7. The lowest BCUT2D eigenvalue weighted by molar-refractivity contribution is 0.0500. The van der Waals surface area contributed by atoms with Crippen LogP contribution in [0.4, 0.5) is 0 Å². The van der Waals surface area contributed by atoms with Crippen LogP contribution < -0.4 is 0 Å². The molecule has 5 aromatic rings. The van der Waals surface area contributed by atoms with Crippen LogP contribution in [-0.4, -0.2) is 48.4 Å². The molecular formula is C44H51NO6. The number of esters is 2. The van der Waals surface area contributed by atoms with Crippen molar-refractivity contribution in [3.8, 4) is 0 Å². The minimum absolute atomic E-state index is 0.251. The molecule has 0 N–H and O–H groups in total. The second-order valence-corrected chi connectivity index (χ2v) is 14.1. The Hall–Kier alpha value is -4.52. The smallest absolute Gasteiger partial charge is 0.338 e. The number of carbonyl (C=O) groups is 4. The van der Waals surface area contributed by atoms with Crippen LogP contribution in [0.1, 0.15) is 152 Å². The summed E-state index contributed by atoms with van der Waals surface area (Å²) >= 11 is 0. The Bertz CT molecular complexity index is 1940. The number of hydrogen-bond donors (Lipinski definition) is 0. The van der Waals surface area contributed by atoms with Gasteiger partial charge in [-0.3, -0.25) is 14.5 Å². The van der Waals surface area contributed by atoms with Crippen molar-refractivity contribution in [3.05, 3.63) is 70.8 Å². The van der Waals surface area contributed by atoms with E-state index in [0.717, 1.165) is 77.3 Å². The van der Waals surface area contributed by atoms with Gasteiger partial charge in [-0.05, 0) is 75.8 Å². The van der Waals surface area contributed by atoms with Crippen LogP contribution in [0.5, 0.6) is 0 Å². The lowest BCUT2D eigenvalue weighted by Crippen LogP contribution is -2.40.